The van der Waals surface area contributed by atoms with Gasteiger partial charge in [-0.25, -0.2) is 4.79 Å². The van der Waals surface area contributed by atoms with Gasteiger partial charge in [-0.05, 0) is 36.8 Å². The van der Waals surface area contributed by atoms with Gasteiger partial charge in [0.1, 0.15) is 0 Å². The largest absolute Gasteiger partial charge is 0.466 e. The van der Waals surface area contributed by atoms with Crippen molar-refractivity contribution in [2.45, 2.75) is 25.3 Å². The molecule has 0 fully saturated rings. The summed E-state index contributed by atoms with van der Waals surface area (Å²) in [5, 5.41) is 10.7. The van der Waals surface area contributed by atoms with E-state index in [4.69, 9.17) is 4.74 Å². The molecule has 2 aliphatic heterocycles. The fraction of sp³-hybridized carbons (Fsp3) is 0.421. The number of carbonyl (C=O) groups excluding carboxylic acids is 1. The predicted molar refractivity (Wildman–Crippen MR) is 91.4 cm³/mol. The number of aliphatic hydroxyl groups is 1. The Bertz CT molecular complexity index is 808. The monoisotopic (exact) mass is 326 g/mol. The number of nitrogens with zero attached hydrogens (tertiary/aromatic N) is 1. The van der Waals surface area contributed by atoms with E-state index in [1.807, 2.05) is 12.3 Å². The number of rotatable bonds is 3. The summed E-state index contributed by atoms with van der Waals surface area (Å²) in [6.07, 6.45) is 4.32. The summed E-state index contributed by atoms with van der Waals surface area (Å²) in [4.78, 5) is 17.9. The smallest absolute Gasteiger partial charge is 0.335 e. The highest BCUT2D eigenvalue weighted by Gasteiger charge is 2.37. The molecule has 2 atom stereocenters. The van der Waals surface area contributed by atoms with Gasteiger partial charge in [0.2, 0.25) is 0 Å². The number of carbonyl (C=O) groups is 1. The van der Waals surface area contributed by atoms with Crippen LogP contribution in [0.2, 0.25) is 0 Å². The van der Waals surface area contributed by atoms with Crippen molar-refractivity contribution in [3.63, 3.8) is 0 Å². The van der Waals surface area contributed by atoms with Crippen molar-refractivity contribution < 1.29 is 14.6 Å². The molecular formula is C19H22N2O3. The van der Waals surface area contributed by atoms with Crippen molar-refractivity contribution >= 4 is 16.9 Å². The molecule has 1 aromatic carbocycles. The number of hydrogen-bond donors (Lipinski definition) is 2. The number of esters is 1. The molecule has 2 N–H and O–H groups in total. The van der Waals surface area contributed by atoms with Crippen molar-refractivity contribution in [3.8, 4) is 0 Å². The highest BCUT2D eigenvalue weighted by molar-refractivity contribution is 5.89. The van der Waals surface area contributed by atoms with Gasteiger partial charge in [0, 0.05) is 35.9 Å². The summed E-state index contributed by atoms with van der Waals surface area (Å²) in [5.74, 6) is -0.254. The molecule has 0 aliphatic carbocycles. The van der Waals surface area contributed by atoms with Gasteiger partial charge >= 0.3 is 5.97 Å². The molecule has 0 spiro atoms. The van der Waals surface area contributed by atoms with Gasteiger partial charge in [-0.15, -0.1) is 0 Å². The number of benzene rings is 1. The molecule has 1 aromatic heterocycles. The number of methoxy groups -OCH3 is 1. The zero-order valence-electron chi connectivity index (χ0n) is 13.8. The van der Waals surface area contributed by atoms with Crippen molar-refractivity contribution in [3.05, 3.63) is 47.3 Å². The molecule has 3 heterocycles. The van der Waals surface area contributed by atoms with Crippen LogP contribution in [0.15, 0.2) is 36.0 Å². The molecule has 0 bridgehead atoms. The quantitative estimate of drug-likeness (QED) is 0.851. The Labute approximate surface area is 140 Å². The van der Waals surface area contributed by atoms with Crippen LogP contribution in [0.5, 0.6) is 0 Å². The Morgan fingerprint density at radius 2 is 2.25 bits per heavy atom. The number of para-hydroxylation sites is 1. The number of nitrogens with one attached hydrogen (secondary N) is 1. The first kappa shape index (κ1) is 15.3. The highest BCUT2D eigenvalue weighted by Crippen LogP contribution is 2.43. The summed E-state index contributed by atoms with van der Waals surface area (Å²) < 4.78 is 4.94. The maximum absolute atomic E-state index is 12.1. The first-order valence-electron chi connectivity index (χ1n) is 8.49. The minimum Gasteiger partial charge on any atom is -0.466 e. The summed E-state index contributed by atoms with van der Waals surface area (Å²) in [5.41, 5.74) is 4.50. The molecule has 4 rings (SSSR count). The van der Waals surface area contributed by atoms with Gasteiger partial charge in [0.05, 0.1) is 18.7 Å². The summed E-state index contributed by atoms with van der Waals surface area (Å²) in [6.45, 7) is 0.969. The Kier molecular flexibility index (Phi) is 3.81. The second kappa shape index (κ2) is 5.98. The standard InChI is InChI=1S/C19H22N2O3/c1-24-19(23)15-11-21-8-6-14-13-4-2-3-5-16(13)20-18(14)17(21)10-12(15)7-9-22/h2-5,11-12,17,20,22H,6-10H2,1H3/t12-,17+/m1/s1. The lowest BCUT2D eigenvalue weighted by Gasteiger charge is -2.41. The van der Waals surface area contributed by atoms with E-state index in [0.29, 0.717) is 12.0 Å². The summed E-state index contributed by atoms with van der Waals surface area (Å²) >= 11 is 0. The SMILES string of the molecule is COC(=O)C1=CN2CCc3c([nH]c4ccccc34)[C@@H]2C[C@H]1CCO. The van der Waals surface area contributed by atoms with E-state index in [2.05, 4.69) is 28.1 Å². The highest BCUT2D eigenvalue weighted by atomic mass is 16.5. The van der Waals surface area contributed by atoms with Crippen LogP contribution in [0, 0.1) is 5.92 Å². The van der Waals surface area contributed by atoms with Gasteiger partial charge in [-0.3, -0.25) is 0 Å². The normalized spacial score (nSPS) is 22.8. The van der Waals surface area contributed by atoms with E-state index >= 15 is 0 Å². The molecule has 0 saturated carbocycles. The molecule has 2 aliphatic rings. The minimum atomic E-state index is -0.283. The molecule has 2 aromatic rings. The first-order chi connectivity index (χ1) is 11.7. The van der Waals surface area contributed by atoms with E-state index in [1.165, 1.54) is 29.3 Å². The van der Waals surface area contributed by atoms with Gasteiger partial charge < -0.3 is 19.7 Å². The van der Waals surface area contributed by atoms with Gasteiger partial charge in [0.15, 0.2) is 0 Å². The molecular weight excluding hydrogens is 304 g/mol. The predicted octanol–water partition coefficient (Wildman–Crippen LogP) is 2.53. The number of fused-ring (bicyclic) bond motifs is 5. The number of H-pyrrole nitrogens is 1. The van der Waals surface area contributed by atoms with Gasteiger partial charge in [-0.1, -0.05) is 18.2 Å². The summed E-state index contributed by atoms with van der Waals surface area (Å²) in [6, 6.07) is 8.64. The second-order valence-corrected chi connectivity index (χ2v) is 6.59. The Balaban J connectivity index is 1.76. The van der Waals surface area contributed by atoms with Crippen molar-refractivity contribution in [1.82, 2.24) is 9.88 Å². The number of aromatic nitrogens is 1. The van der Waals surface area contributed by atoms with Crippen LogP contribution in [0.25, 0.3) is 10.9 Å². The maximum atomic E-state index is 12.1. The second-order valence-electron chi connectivity index (χ2n) is 6.59. The van der Waals surface area contributed by atoms with Crippen LogP contribution in [-0.2, 0) is 16.0 Å². The third-order valence-corrected chi connectivity index (χ3v) is 5.35. The van der Waals surface area contributed by atoms with E-state index in [-0.39, 0.29) is 24.5 Å². The lowest BCUT2D eigenvalue weighted by molar-refractivity contribution is -0.137. The summed E-state index contributed by atoms with van der Waals surface area (Å²) in [7, 11) is 1.41. The molecule has 126 valence electrons. The number of aliphatic hydroxyl groups excluding tert-OH is 1. The van der Waals surface area contributed by atoms with Crippen molar-refractivity contribution in [2.75, 3.05) is 20.3 Å². The third-order valence-electron chi connectivity index (χ3n) is 5.35. The van der Waals surface area contributed by atoms with Gasteiger partial charge in [-0.2, -0.15) is 0 Å². The van der Waals surface area contributed by atoms with Crippen LogP contribution in [0.3, 0.4) is 0 Å². The molecule has 0 saturated heterocycles. The topological polar surface area (TPSA) is 65.6 Å². The van der Waals surface area contributed by atoms with E-state index < -0.39 is 0 Å². The fourth-order valence-corrected chi connectivity index (χ4v) is 4.19. The maximum Gasteiger partial charge on any atom is 0.335 e. The van der Waals surface area contributed by atoms with Gasteiger partial charge in [0.25, 0.3) is 0 Å². The first-order valence-corrected chi connectivity index (χ1v) is 8.49. The third kappa shape index (κ3) is 2.31. The number of ether oxygens (including phenoxy) is 1. The number of hydrogen-bond acceptors (Lipinski definition) is 4. The number of aromatic amines is 1. The molecule has 5 nitrogen and oxygen atoms in total. The van der Waals surface area contributed by atoms with Crippen LogP contribution in [-0.4, -0.2) is 41.2 Å². The Morgan fingerprint density at radius 3 is 3.04 bits per heavy atom. The molecule has 5 heteroatoms. The van der Waals surface area contributed by atoms with E-state index in [9.17, 15) is 9.90 Å². The van der Waals surface area contributed by atoms with Crippen molar-refractivity contribution in [1.29, 1.82) is 0 Å². The Hall–Kier alpha value is -2.27. The van der Waals surface area contributed by atoms with E-state index in [1.54, 1.807) is 0 Å². The molecule has 0 unspecified atom stereocenters. The lowest BCUT2D eigenvalue weighted by atomic mass is 9.82. The fourth-order valence-electron chi connectivity index (χ4n) is 4.19. The zero-order valence-corrected chi connectivity index (χ0v) is 13.8. The Morgan fingerprint density at radius 1 is 1.42 bits per heavy atom. The lowest BCUT2D eigenvalue weighted by Crippen LogP contribution is -2.38. The van der Waals surface area contributed by atoms with Crippen LogP contribution < -0.4 is 0 Å². The van der Waals surface area contributed by atoms with Crippen molar-refractivity contribution in [2.24, 2.45) is 5.92 Å². The van der Waals surface area contributed by atoms with Crippen LogP contribution in [0.1, 0.15) is 30.1 Å². The van der Waals surface area contributed by atoms with Crippen LogP contribution in [0.4, 0.5) is 0 Å². The average molecular weight is 326 g/mol. The molecule has 0 amide bonds. The average Bonchev–Trinajstić information content (AvgIpc) is 3.00. The minimum absolute atomic E-state index is 0.0288. The molecule has 0 radical (unpaired) electrons. The molecule has 24 heavy (non-hydrogen) atoms. The van der Waals surface area contributed by atoms with E-state index in [0.717, 1.165) is 19.4 Å². The van der Waals surface area contributed by atoms with Crippen LogP contribution >= 0.6 is 0 Å². The zero-order chi connectivity index (χ0) is 16.7.